The molecule has 130 valence electrons. The average molecular weight is 348 g/mol. The summed E-state index contributed by atoms with van der Waals surface area (Å²) in [6, 6.07) is 0. The van der Waals surface area contributed by atoms with Crippen LogP contribution in [0.2, 0.25) is 0 Å². The quantitative estimate of drug-likeness (QED) is 0.838. The van der Waals surface area contributed by atoms with E-state index in [0.717, 1.165) is 0 Å². The molecule has 0 spiro atoms. The average Bonchev–Trinajstić information content (AvgIpc) is 2.89. The van der Waals surface area contributed by atoms with E-state index in [0.29, 0.717) is 0 Å². The Balaban J connectivity index is 2.45. The molecule has 23 heavy (non-hydrogen) atoms. The second-order valence-corrected chi connectivity index (χ2v) is 5.36. The van der Waals surface area contributed by atoms with Crippen molar-refractivity contribution in [1.82, 2.24) is 9.78 Å². The van der Waals surface area contributed by atoms with Gasteiger partial charge in [0.1, 0.15) is 11.3 Å². The van der Waals surface area contributed by atoms with E-state index >= 15 is 0 Å². The van der Waals surface area contributed by atoms with Crippen LogP contribution in [-0.2, 0) is 12.7 Å². The van der Waals surface area contributed by atoms with Gasteiger partial charge < -0.3 is 5.11 Å². The summed E-state index contributed by atoms with van der Waals surface area (Å²) in [7, 11) is 0. The molecule has 0 amide bonds. The van der Waals surface area contributed by atoms with Crippen molar-refractivity contribution in [3.63, 3.8) is 0 Å². The molecule has 1 aromatic rings. The van der Waals surface area contributed by atoms with Gasteiger partial charge in [0.15, 0.2) is 5.69 Å². The fourth-order valence-corrected chi connectivity index (χ4v) is 2.70. The van der Waals surface area contributed by atoms with Gasteiger partial charge in [0, 0.05) is 19.4 Å². The van der Waals surface area contributed by atoms with Gasteiger partial charge in [0.25, 0.3) is 6.43 Å². The van der Waals surface area contributed by atoms with Crippen molar-refractivity contribution >= 4 is 5.97 Å². The Morgan fingerprint density at radius 2 is 2.00 bits per heavy atom. The zero-order valence-corrected chi connectivity index (χ0v) is 11.4. The molecule has 0 bridgehead atoms. The van der Waals surface area contributed by atoms with Crippen molar-refractivity contribution in [1.29, 1.82) is 0 Å². The summed E-state index contributed by atoms with van der Waals surface area (Å²) >= 11 is 0. The minimum atomic E-state index is -5.35. The van der Waals surface area contributed by atoms with Crippen LogP contribution in [0.25, 0.3) is 0 Å². The van der Waals surface area contributed by atoms with E-state index in [1.807, 2.05) is 0 Å². The molecule has 2 rings (SSSR count). The summed E-state index contributed by atoms with van der Waals surface area (Å²) in [5.41, 5.74) is -5.20. The summed E-state index contributed by atoms with van der Waals surface area (Å²) in [6.07, 6.45) is -10.2. The van der Waals surface area contributed by atoms with E-state index in [2.05, 4.69) is 5.10 Å². The van der Waals surface area contributed by atoms with E-state index in [1.165, 1.54) is 0 Å². The first kappa shape index (κ1) is 17.5. The van der Waals surface area contributed by atoms with Gasteiger partial charge in [0.05, 0.1) is 0 Å². The third-order valence-corrected chi connectivity index (χ3v) is 3.61. The number of alkyl halides is 7. The van der Waals surface area contributed by atoms with Crippen LogP contribution in [0.15, 0.2) is 0 Å². The lowest BCUT2D eigenvalue weighted by Gasteiger charge is -2.13. The summed E-state index contributed by atoms with van der Waals surface area (Å²) in [4.78, 5) is 11.1. The normalized spacial score (nSPS) is 21.1. The van der Waals surface area contributed by atoms with Gasteiger partial charge in [-0.15, -0.1) is 0 Å². The molecule has 4 nitrogen and oxygen atoms in total. The van der Waals surface area contributed by atoms with Gasteiger partial charge in [-0.2, -0.15) is 18.3 Å². The van der Waals surface area contributed by atoms with Gasteiger partial charge in [-0.05, 0) is 12.3 Å². The summed E-state index contributed by atoms with van der Waals surface area (Å²) in [5.74, 6) is -5.93. The minimum Gasteiger partial charge on any atom is -0.477 e. The molecular formula is C12H11F7N2O2. The number of carbonyl (C=O) groups is 1. The van der Waals surface area contributed by atoms with Crippen LogP contribution in [0, 0.1) is 5.92 Å². The highest BCUT2D eigenvalue weighted by Gasteiger charge is 2.46. The van der Waals surface area contributed by atoms with Crippen molar-refractivity contribution in [2.75, 3.05) is 0 Å². The molecule has 1 aromatic heterocycles. The maximum absolute atomic E-state index is 13.1. The molecule has 0 aliphatic heterocycles. The van der Waals surface area contributed by atoms with Gasteiger partial charge in [-0.25, -0.2) is 22.4 Å². The SMILES string of the molecule is O=C(O)c1c(C(F)(F)F)c(C(F)F)nn1CC1CCC(F)(F)C1. The lowest BCUT2D eigenvalue weighted by Crippen LogP contribution is -2.20. The van der Waals surface area contributed by atoms with Gasteiger partial charge in [-0.3, -0.25) is 4.68 Å². The highest BCUT2D eigenvalue weighted by molar-refractivity contribution is 5.88. The maximum atomic E-state index is 13.1. The van der Waals surface area contributed by atoms with Crippen molar-refractivity contribution in [3.8, 4) is 0 Å². The number of carboxylic acids is 1. The third-order valence-electron chi connectivity index (χ3n) is 3.61. The van der Waals surface area contributed by atoms with E-state index < -0.39 is 66.7 Å². The van der Waals surface area contributed by atoms with E-state index in [4.69, 9.17) is 5.11 Å². The monoisotopic (exact) mass is 348 g/mol. The van der Waals surface area contributed by atoms with E-state index in [9.17, 15) is 35.5 Å². The number of aromatic nitrogens is 2. The molecule has 1 saturated carbocycles. The Kier molecular flexibility index (Phi) is 4.33. The number of aromatic carboxylic acids is 1. The molecule has 0 radical (unpaired) electrons. The second-order valence-electron chi connectivity index (χ2n) is 5.36. The molecule has 1 N–H and O–H groups in total. The fourth-order valence-electron chi connectivity index (χ4n) is 2.70. The third kappa shape index (κ3) is 3.58. The van der Waals surface area contributed by atoms with Gasteiger partial charge in [-0.1, -0.05) is 0 Å². The lowest BCUT2D eigenvalue weighted by atomic mass is 10.1. The van der Waals surface area contributed by atoms with Gasteiger partial charge in [0.2, 0.25) is 5.92 Å². The van der Waals surface area contributed by atoms with Crippen molar-refractivity contribution in [3.05, 3.63) is 17.0 Å². The highest BCUT2D eigenvalue weighted by Crippen LogP contribution is 2.42. The first-order chi connectivity index (χ1) is 10.4. The molecule has 1 aliphatic carbocycles. The minimum absolute atomic E-state index is 0.0583. The zero-order valence-electron chi connectivity index (χ0n) is 11.4. The zero-order chi connectivity index (χ0) is 17.6. The van der Waals surface area contributed by atoms with Crippen LogP contribution in [-0.4, -0.2) is 26.8 Å². The van der Waals surface area contributed by atoms with Crippen LogP contribution in [0.3, 0.4) is 0 Å². The molecule has 0 saturated heterocycles. The lowest BCUT2D eigenvalue weighted by molar-refractivity contribution is -0.140. The number of rotatable bonds is 4. The Morgan fingerprint density at radius 1 is 1.39 bits per heavy atom. The van der Waals surface area contributed by atoms with Crippen LogP contribution in [0.4, 0.5) is 30.7 Å². The Morgan fingerprint density at radius 3 is 2.39 bits per heavy atom. The number of halogens is 7. The smallest absolute Gasteiger partial charge is 0.420 e. The first-order valence-corrected chi connectivity index (χ1v) is 6.49. The second kappa shape index (κ2) is 5.68. The van der Waals surface area contributed by atoms with Crippen molar-refractivity contribution in [2.45, 2.75) is 44.3 Å². The van der Waals surface area contributed by atoms with Crippen LogP contribution < -0.4 is 0 Å². The predicted octanol–water partition coefficient (Wildman–Crippen LogP) is 3.97. The van der Waals surface area contributed by atoms with E-state index in [1.54, 1.807) is 0 Å². The molecule has 1 atom stereocenters. The Hall–Kier alpha value is -1.81. The maximum Gasteiger partial charge on any atom is 0.420 e. The molecule has 1 heterocycles. The number of nitrogens with zero attached hydrogens (tertiary/aromatic N) is 2. The summed E-state index contributed by atoms with van der Waals surface area (Å²) < 4.78 is 90.7. The standard InChI is InChI=1S/C12H11F7N2O2/c13-9(14)7-6(12(17,18)19)8(10(22)23)21(20-7)4-5-1-2-11(15,16)3-5/h5,9H,1-4H2,(H,22,23). The molecule has 1 fully saturated rings. The highest BCUT2D eigenvalue weighted by atomic mass is 19.4. The molecule has 0 aromatic carbocycles. The molecule has 1 unspecified atom stereocenters. The van der Waals surface area contributed by atoms with Crippen molar-refractivity contribution in [2.24, 2.45) is 5.92 Å². The van der Waals surface area contributed by atoms with Crippen LogP contribution >= 0.6 is 0 Å². The largest absolute Gasteiger partial charge is 0.477 e. The number of hydrogen-bond donors (Lipinski definition) is 1. The molecule has 1 aliphatic rings. The van der Waals surface area contributed by atoms with Crippen LogP contribution in [0.1, 0.15) is 47.4 Å². The topological polar surface area (TPSA) is 55.1 Å². The van der Waals surface area contributed by atoms with Gasteiger partial charge >= 0.3 is 12.1 Å². The number of hydrogen-bond acceptors (Lipinski definition) is 2. The summed E-state index contributed by atoms with van der Waals surface area (Å²) in [5, 5.41) is 12.0. The Bertz CT molecular complexity index is 609. The fraction of sp³-hybridized carbons (Fsp3) is 0.667. The molecule has 11 heteroatoms. The Labute approximate surface area is 124 Å². The first-order valence-electron chi connectivity index (χ1n) is 6.49. The summed E-state index contributed by atoms with van der Waals surface area (Å²) in [6.45, 7) is -0.590. The van der Waals surface area contributed by atoms with Crippen LogP contribution in [0.5, 0.6) is 0 Å². The predicted molar refractivity (Wildman–Crippen MR) is 61.4 cm³/mol. The number of carboxylic acid groups (broad SMARTS) is 1. The van der Waals surface area contributed by atoms with E-state index in [-0.39, 0.29) is 11.1 Å². The van der Waals surface area contributed by atoms with Crippen molar-refractivity contribution < 1.29 is 40.6 Å². The molecular weight excluding hydrogens is 337 g/mol.